The van der Waals surface area contributed by atoms with Crippen LogP contribution in [0.25, 0.3) is 10.9 Å². The number of fused-ring (bicyclic) bond motifs is 1. The molecule has 7 nitrogen and oxygen atoms in total. The number of aromatic amines is 1. The third-order valence-electron chi connectivity index (χ3n) is 4.27. The van der Waals surface area contributed by atoms with Crippen LogP contribution in [-0.2, 0) is 14.8 Å². The van der Waals surface area contributed by atoms with Crippen LogP contribution >= 0.6 is 0 Å². The van der Waals surface area contributed by atoms with Gasteiger partial charge in [-0.3, -0.25) is 4.79 Å². The molecule has 2 heterocycles. The number of rotatable bonds is 5. The molecule has 0 unspecified atom stereocenters. The molecule has 1 aliphatic heterocycles. The van der Waals surface area contributed by atoms with Gasteiger partial charge in [-0.1, -0.05) is 18.2 Å². The summed E-state index contributed by atoms with van der Waals surface area (Å²) in [6.07, 6.45) is 0. The maximum absolute atomic E-state index is 12.5. The number of aromatic nitrogens is 1. The molecule has 3 rings (SSSR count). The van der Waals surface area contributed by atoms with Crippen LogP contribution in [0, 0.1) is 5.92 Å². The molecule has 1 aromatic heterocycles. The first kappa shape index (κ1) is 16.9. The Hall–Kier alpha value is -1.90. The van der Waals surface area contributed by atoms with Gasteiger partial charge >= 0.3 is 0 Å². The zero-order valence-electron chi connectivity index (χ0n) is 13.7. The number of hydrogen-bond donors (Lipinski definition) is 2. The minimum Gasteiger partial charge on any atom is -0.379 e. The number of carbonyl (C=O) groups excluding carboxylic acids is 1. The molecule has 0 saturated carbocycles. The Morgan fingerprint density at radius 2 is 2.08 bits per heavy atom. The van der Waals surface area contributed by atoms with E-state index in [-0.39, 0.29) is 23.6 Å². The number of nitrogens with one attached hydrogen (secondary N) is 2. The first-order valence-electron chi connectivity index (χ1n) is 7.73. The van der Waals surface area contributed by atoms with Gasteiger partial charge in [0.2, 0.25) is 10.0 Å². The number of hydrogen-bond acceptors (Lipinski definition) is 4. The van der Waals surface area contributed by atoms with Gasteiger partial charge in [0, 0.05) is 30.9 Å². The fourth-order valence-corrected chi connectivity index (χ4v) is 3.95. The number of sulfonamides is 1. The number of nitrogens with zero attached hydrogens (tertiary/aromatic N) is 1. The number of H-pyrrole nitrogens is 1. The first-order chi connectivity index (χ1) is 11.4. The number of carbonyl (C=O) groups is 1. The van der Waals surface area contributed by atoms with Crippen molar-refractivity contribution in [1.29, 1.82) is 0 Å². The maximum atomic E-state index is 12.5. The first-order valence-corrected chi connectivity index (χ1v) is 9.34. The molecule has 1 saturated heterocycles. The lowest BCUT2D eigenvalue weighted by Gasteiger charge is -2.20. The normalized spacial score (nSPS) is 21.5. The topological polar surface area (TPSA) is 91.5 Å². The summed E-state index contributed by atoms with van der Waals surface area (Å²) in [6, 6.07) is 9.09. The molecule has 0 radical (unpaired) electrons. The lowest BCUT2D eigenvalue weighted by atomic mass is 10.1. The van der Waals surface area contributed by atoms with E-state index >= 15 is 0 Å². The monoisotopic (exact) mass is 351 g/mol. The second kappa shape index (κ2) is 6.54. The molecule has 2 aromatic rings. The van der Waals surface area contributed by atoms with E-state index in [1.54, 1.807) is 6.07 Å². The van der Waals surface area contributed by atoms with Gasteiger partial charge in [0.05, 0.1) is 25.0 Å². The molecular formula is C16H21N3O4S. The number of para-hydroxylation sites is 1. The summed E-state index contributed by atoms with van der Waals surface area (Å²) >= 11 is 0. The molecule has 24 heavy (non-hydrogen) atoms. The van der Waals surface area contributed by atoms with Gasteiger partial charge in [0.15, 0.2) is 0 Å². The molecule has 2 N–H and O–H groups in total. The highest BCUT2D eigenvalue weighted by atomic mass is 32.2. The highest BCUT2D eigenvalue weighted by molar-refractivity contribution is 7.89. The highest BCUT2D eigenvalue weighted by Crippen LogP contribution is 2.19. The Labute approximate surface area is 141 Å². The van der Waals surface area contributed by atoms with Crippen LogP contribution in [0.1, 0.15) is 10.5 Å². The van der Waals surface area contributed by atoms with Gasteiger partial charge in [0.25, 0.3) is 5.91 Å². The van der Waals surface area contributed by atoms with Gasteiger partial charge in [-0.25, -0.2) is 12.7 Å². The predicted molar refractivity (Wildman–Crippen MR) is 91.3 cm³/mol. The summed E-state index contributed by atoms with van der Waals surface area (Å²) < 4.78 is 30.7. The molecule has 1 aliphatic rings. The van der Waals surface area contributed by atoms with Gasteiger partial charge in [-0.05, 0) is 12.1 Å². The Kier molecular flexibility index (Phi) is 4.62. The second-order valence-corrected chi connectivity index (χ2v) is 8.44. The summed E-state index contributed by atoms with van der Waals surface area (Å²) in [5, 5.41) is 3.85. The lowest BCUT2D eigenvalue weighted by Crippen LogP contribution is -2.43. The van der Waals surface area contributed by atoms with Gasteiger partial charge < -0.3 is 15.0 Å². The highest BCUT2D eigenvalue weighted by Gasteiger charge is 2.34. The standard InChI is InChI=1S/C16H21N3O4S/c1-19(2)24(21,22)10-12-8-23-9-15(12)18-16(20)14-7-11-5-3-4-6-13(11)17-14/h3-7,12,15,17H,8-10H2,1-2H3,(H,18,20)/t12-,15+/m0/s1. The van der Waals surface area contributed by atoms with E-state index in [0.717, 1.165) is 10.9 Å². The van der Waals surface area contributed by atoms with Crippen LogP contribution < -0.4 is 5.32 Å². The minimum absolute atomic E-state index is 0.0440. The van der Waals surface area contributed by atoms with E-state index in [9.17, 15) is 13.2 Å². The molecule has 8 heteroatoms. The van der Waals surface area contributed by atoms with Crippen molar-refractivity contribution in [3.8, 4) is 0 Å². The average molecular weight is 351 g/mol. The van der Waals surface area contributed by atoms with Crippen molar-refractivity contribution in [3.63, 3.8) is 0 Å². The largest absolute Gasteiger partial charge is 0.379 e. The van der Waals surface area contributed by atoms with Crippen LogP contribution in [0.4, 0.5) is 0 Å². The molecule has 1 amide bonds. The molecular weight excluding hydrogens is 330 g/mol. The SMILES string of the molecule is CN(C)S(=O)(=O)C[C@@H]1COC[C@H]1NC(=O)c1cc2ccccc2[nH]1. The maximum Gasteiger partial charge on any atom is 0.268 e. The molecule has 0 aliphatic carbocycles. The fraction of sp³-hybridized carbons (Fsp3) is 0.438. The number of benzene rings is 1. The van der Waals surface area contributed by atoms with Crippen LogP contribution in [0.2, 0.25) is 0 Å². The van der Waals surface area contributed by atoms with Gasteiger partial charge in [0.1, 0.15) is 5.69 Å². The Balaban J connectivity index is 1.71. The zero-order chi connectivity index (χ0) is 17.3. The van der Waals surface area contributed by atoms with Crippen molar-refractivity contribution >= 4 is 26.8 Å². The third-order valence-corrected chi connectivity index (χ3v) is 6.23. The van der Waals surface area contributed by atoms with Crippen molar-refractivity contribution < 1.29 is 17.9 Å². The lowest BCUT2D eigenvalue weighted by molar-refractivity contribution is 0.0922. The summed E-state index contributed by atoms with van der Waals surface area (Å²) in [5.74, 6) is -0.558. The van der Waals surface area contributed by atoms with Crippen molar-refractivity contribution in [1.82, 2.24) is 14.6 Å². The Morgan fingerprint density at radius 1 is 1.33 bits per heavy atom. The summed E-state index contributed by atoms with van der Waals surface area (Å²) in [5.41, 5.74) is 1.34. The predicted octanol–water partition coefficient (Wildman–Crippen LogP) is 0.804. The van der Waals surface area contributed by atoms with Gasteiger partial charge in [-0.15, -0.1) is 0 Å². The van der Waals surface area contributed by atoms with E-state index in [4.69, 9.17) is 4.74 Å². The minimum atomic E-state index is -3.34. The second-order valence-electron chi connectivity index (χ2n) is 6.21. The van der Waals surface area contributed by atoms with Crippen LogP contribution in [0.5, 0.6) is 0 Å². The van der Waals surface area contributed by atoms with E-state index in [1.165, 1.54) is 18.4 Å². The van der Waals surface area contributed by atoms with Crippen LogP contribution in [-0.4, -0.2) is 62.7 Å². The van der Waals surface area contributed by atoms with E-state index in [1.807, 2.05) is 24.3 Å². The Morgan fingerprint density at radius 3 is 2.79 bits per heavy atom. The summed E-state index contributed by atoms with van der Waals surface area (Å²) in [6.45, 7) is 0.643. The molecule has 1 aromatic carbocycles. The van der Waals surface area contributed by atoms with Crippen molar-refractivity contribution in [2.45, 2.75) is 6.04 Å². The summed E-state index contributed by atoms with van der Waals surface area (Å²) in [4.78, 5) is 15.5. The molecule has 0 spiro atoms. The van der Waals surface area contributed by atoms with Crippen molar-refractivity contribution in [2.24, 2.45) is 5.92 Å². The fourth-order valence-electron chi connectivity index (χ4n) is 2.78. The molecule has 1 fully saturated rings. The molecule has 2 atom stereocenters. The van der Waals surface area contributed by atoms with E-state index in [2.05, 4.69) is 10.3 Å². The zero-order valence-corrected chi connectivity index (χ0v) is 14.5. The smallest absolute Gasteiger partial charge is 0.268 e. The van der Waals surface area contributed by atoms with E-state index < -0.39 is 10.0 Å². The van der Waals surface area contributed by atoms with Crippen LogP contribution in [0.3, 0.4) is 0 Å². The van der Waals surface area contributed by atoms with Crippen molar-refractivity contribution in [2.75, 3.05) is 33.1 Å². The quantitative estimate of drug-likeness (QED) is 0.834. The average Bonchev–Trinajstić information content (AvgIpc) is 3.13. The molecule has 0 bridgehead atoms. The molecule has 130 valence electrons. The number of ether oxygens (including phenoxy) is 1. The Bertz CT molecular complexity index is 811. The van der Waals surface area contributed by atoms with E-state index in [0.29, 0.717) is 18.9 Å². The summed E-state index contributed by atoms with van der Waals surface area (Å²) in [7, 11) is -0.335. The van der Waals surface area contributed by atoms with Gasteiger partial charge in [-0.2, -0.15) is 0 Å². The third kappa shape index (κ3) is 3.45. The van der Waals surface area contributed by atoms with Crippen LogP contribution in [0.15, 0.2) is 30.3 Å². The number of amides is 1. The van der Waals surface area contributed by atoms with Crippen molar-refractivity contribution in [3.05, 3.63) is 36.0 Å².